The molecule has 0 radical (unpaired) electrons. The molecule has 0 aliphatic carbocycles. The minimum absolute atomic E-state index is 0.0356. The number of hydrogen-bond acceptors (Lipinski definition) is 4. The van der Waals surface area contributed by atoms with Crippen LogP contribution in [-0.2, 0) is 4.79 Å². The van der Waals surface area contributed by atoms with Gasteiger partial charge < -0.3 is 16.0 Å². The molecule has 0 unspecified atom stereocenters. The number of benzene rings is 1. The van der Waals surface area contributed by atoms with Crippen LogP contribution in [0.2, 0.25) is 0 Å². The fourth-order valence-electron chi connectivity index (χ4n) is 1.60. The van der Waals surface area contributed by atoms with E-state index in [4.69, 9.17) is 0 Å². The summed E-state index contributed by atoms with van der Waals surface area (Å²) >= 11 is 1.58. The van der Waals surface area contributed by atoms with Crippen molar-refractivity contribution < 1.29 is 4.79 Å². The summed E-state index contributed by atoms with van der Waals surface area (Å²) < 4.78 is 0. The van der Waals surface area contributed by atoms with Gasteiger partial charge in [0.05, 0.1) is 11.4 Å². The Kier molecular flexibility index (Phi) is 3.82. The lowest BCUT2D eigenvalue weighted by Gasteiger charge is -2.25. The van der Waals surface area contributed by atoms with E-state index in [-0.39, 0.29) is 11.4 Å². The highest BCUT2D eigenvalue weighted by Crippen LogP contribution is 2.33. The zero-order valence-corrected chi connectivity index (χ0v) is 11.8. The fraction of sp³-hybridized carbons (Fsp3) is 0.462. The molecule has 0 atom stereocenters. The smallest absolute Gasteiger partial charge is 0.234 e. The summed E-state index contributed by atoms with van der Waals surface area (Å²) in [6, 6.07) is 6.09. The third kappa shape index (κ3) is 3.17. The molecule has 0 fully saturated rings. The predicted octanol–water partition coefficient (Wildman–Crippen LogP) is 2.14. The number of hydrogen-bond donors (Lipinski definition) is 3. The van der Waals surface area contributed by atoms with Gasteiger partial charge >= 0.3 is 0 Å². The van der Waals surface area contributed by atoms with Gasteiger partial charge in [0.1, 0.15) is 0 Å². The number of likely N-dealkylation sites (N-methyl/N-ethyl adjacent to an activating group) is 1. The first-order valence-corrected chi connectivity index (χ1v) is 6.98. The highest BCUT2D eigenvalue weighted by Gasteiger charge is 2.17. The molecule has 98 valence electrons. The van der Waals surface area contributed by atoms with Crippen molar-refractivity contribution in [3.05, 3.63) is 18.2 Å². The molecule has 3 N–H and O–H groups in total. The Balaban J connectivity index is 2.07. The molecular formula is C13H19N3OS. The molecule has 0 bridgehead atoms. The lowest BCUT2D eigenvalue weighted by Crippen LogP contribution is -2.42. The maximum Gasteiger partial charge on any atom is 0.234 e. The maximum atomic E-state index is 11.3. The van der Waals surface area contributed by atoms with Gasteiger partial charge in [-0.3, -0.25) is 4.79 Å². The monoisotopic (exact) mass is 265 g/mol. The van der Waals surface area contributed by atoms with Gasteiger partial charge in [-0.25, -0.2) is 0 Å². The normalized spacial score (nSPS) is 14.9. The van der Waals surface area contributed by atoms with Crippen molar-refractivity contribution in [3.63, 3.8) is 0 Å². The molecule has 1 aromatic rings. The lowest BCUT2D eigenvalue weighted by atomic mass is 10.1. The first kappa shape index (κ1) is 13.2. The third-order valence-electron chi connectivity index (χ3n) is 3.02. The highest BCUT2D eigenvalue weighted by molar-refractivity contribution is 8.00. The second-order valence-corrected chi connectivity index (χ2v) is 6.05. The summed E-state index contributed by atoms with van der Waals surface area (Å²) in [6.07, 6.45) is 0. The van der Waals surface area contributed by atoms with Crippen LogP contribution in [0.4, 0.5) is 11.4 Å². The quantitative estimate of drug-likeness (QED) is 0.781. The summed E-state index contributed by atoms with van der Waals surface area (Å²) in [6.45, 7) is 5.09. The van der Waals surface area contributed by atoms with Gasteiger partial charge in [-0.2, -0.15) is 0 Å². The Morgan fingerprint density at radius 2 is 2.22 bits per heavy atom. The van der Waals surface area contributed by atoms with Crippen LogP contribution in [-0.4, -0.2) is 30.8 Å². The molecule has 1 heterocycles. The molecule has 0 saturated heterocycles. The van der Waals surface area contributed by atoms with Crippen molar-refractivity contribution in [2.75, 3.05) is 30.0 Å². The van der Waals surface area contributed by atoms with E-state index in [0.29, 0.717) is 5.75 Å². The van der Waals surface area contributed by atoms with Crippen molar-refractivity contribution in [2.24, 2.45) is 0 Å². The number of anilines is 2. The van der Waals surface area contributed by atoms with E-state index >= 15 is 0 Å². The van der Waals surface area contributed by atoms with Gasteiger partial charge in [0.25, 0.3) is 0 Å². The molecular weight excluding hydrogens is 246 g/mol. The van der Waals surface area contributed by atoms with Gasteiger partial charge in [0, 0.05) is 22.7 Å². The SMILES string of the molecule is CNC(C)(C)CNc1ccc2c(c1)NC(=O)CS2. The van der Waals surface area contributed by atoms with Crippen LogP contribution in [0.15, 0.2) is 23.1 Å². The van der Waals surface area contributed by atoms with Crippen LogP contribution < -0.4 is 16.0 Å². The van der Waals surface area contributed by atoms with Crippen LogP contribution in [0.5, 0.6) is 0 Å². The average Bonchev–Trinajstić information content (AvgIpc) is 2.36. The molecule has 1 aromatic carbocycles. The van der Waals surface area contributed by atoms with E-state index in [0.717, 1.165) is 22.8 Å². The van der Waals surface area contributed by atoms with Crippen molar-refractivity contribution in [1.29, 1.82) is 0 Å². The zero-order chi connectivity index (χ0) is 13.2. The summed E-state index contributed by atoms with van der Waals surface area (Å²) in [4.78, 5) is 12.5. The first-order chi connectivity index (χ1) is 8.50. The van der Waals surface area contributed by atoms with Gasteiger partial charge in [-0.05, 0) is 39.1 Å². The Bertz CT molecular complexity index is 460. The standard InChI is InChI=1S/C13H19N3OS/c1-13(2,14-3)8-15-9-4-5-11-10(6-9)16-12(17)7-18-11/h4-6,14-15H,7-8H2,1-3H3,(H,16,17). The van der Waals surface area contributed by atoms with Crippen molar-refractivity contribution in [1.82, 2.24) is 5.32 Å². The molecule has 1 amide bonds. The summed E-state index contributed by atoms with van der Waals surface area (Å²) in [5.41, 5.74) is 1.97. The van der Waals surface area contributed by atoms with Crippen molar-refractivity contribution in [2.45, 2.75) is 24.3 Å². The summed E-state index contributed by atoms with van der Waals surface area (Å²) in [7, 11) is 1.95. The second kappa shape index (κ2) is 5.20. The van der Waals surface area contributed by atoms with Gasteiger partial charge in [-0.15, -0.1) is 11.8 Å². The largest absolute Gasteiger partial charge is 0.383 e. The van der Waals surface area contributed by atoms with Crippen LogP contribution in [0.25, 0.3) is 0 Å². The van der Waals surface area contributed by atoms with Gasteiger partial charge in [-0.1, -0.05) is 0 Å². The molecule has 4 nitrogen and oxygen atoms in total. The van der Waals surface area contributed by atoms with Crippen molar-refractivity contribution in [3.8, 4) is 0 Å². The van der Waals surface area contributed by atoms with E-state index in [9.17, 15) is 4.79 Å². The number of carbonyl (C=O) groups is 1. The summed E-state index contributed by atoms with van der Waals surface area (Å²) in [5.74, 6) is 0.576. The van der Waals surface area contributed by atoms with E-state index < -0.39 is 0 Å². The Hall–Kier alpha value is -1.20. The van der Waals surface area contributed by atoms with E-state index in [1.165, 1.54) is 0 Å². The van der Waals surface area contributed by atoms with Crippen LogP contribution in [0, 0.1) is 0 Å². The number of fused-ring (bicyclic) bond motifs is 1. The Morgan fingerprint density at radius 3 is 2.94 bits per heavy atom. The third-order valence-corrected chi connectivity index (χ3v) is 4.10. The molecule has 0 saturated carbocycles. The molecule has 0 aromatic heterocycles. The van der Waals surface area contributed by atoms with E-state index in [2.05, 4.69) is 35.9 Å². The lowest BCUT2D eigenvalue weighted by molar-refractivity contribution is -0.113. The molecule has 1 aliphatic heterocycles. The number of amides is 1. The Labute approximate surface area is 112 Å². The van der Waals surface area contributed by atoms with Crippen LogP contribution in [0.1, 0.15) is 13.8 Å². The molecule has 2 rings (SSSR count). The average molecular weight is 265 g/mol. The number of thioether (sulfide) groups is 1. The van der Waals surface area contributed by atoms with Crippen molar-refractivity contribution >= 4 is 29.0 Å². The highest BCUT2D eigenvalue weighted by atomic mass is 32.2. The first-order valence-electron chi connectivity index (χ1n) is 6.00. The second-order valence-electron chi connectivity index (χ2n) is 5.04. The van der Waals surface area contributed by atoms with Gasteiger partial charge in [0.15, 0.2) is 0 Å². The zero-order valence-electron chi connectivity index (χ0n) is 11.0. The predicted molar refractivity (Wildman–Crippen MR) is 77.4 cm³/mol. The fourth-order valence-corrected chi connectivity index (χ4v) is 2.39. The molecule has 18 heavy (non-hydrogen) atoms. The maximum absolute atomic E-state index is 11.3. The number of rotatable bonds is 4. The van der Waals surface area contributed by atoms with Gasteiger partial charge in [0.2, 0.25) is 5.91 Å². The molecule has 1 aliphatic rings. The van der Waals surface area contributed by atoms with Crippen LogP contribution >= 0.6 is 11.8 Å². The van der Waals surface area contributed by atoms with E-state index in [1.54, 1.807) is 11.8 Å². The summed E-state index contributed by atoms with van der Waals surface area (Å²) in [5, 5.41) is 9.52. The number of carbonyl (C=O) groups excluding carboxylic acids is 1. The minimum Gasteiger partial charge on any atom is -0.383 e. The topological polar surface area (TPSA) is 53.2 Å². The van der Waals surface area contributed by atoms with E-state index in [1.807, 2.05) is 19.2 Å². The molecule has 5 heteroatoms. The Morgan fingerprint density at radius 1 is 1.44 bits per heavy atom. The minimum atomic E-state index is 0.0356. The van der Waals surface area contributed by atoms with Crippen LogP contribution in [0.3, 0.4) is 0 Å². The molecule has 0 spiro atoms. The number of nitrogens with one attached hydrogen (secondary N) is 3.